The van der Waals surface area contributed by atoms with Crippen LogP contribution in [0.5, 0.6) is 0 Å². The SMILES string of the molecule is CC\C=C/C=C\C=C/CCCCCCCCCC(=O)OCC(COC(=O)CCCCCCC\C=C/C=C\C=C/C=C\CCCCC)OC(=O)CCCCCCC\C=C/C=C\C=C/C=C\CCCCC. The lowest BCUT2D eigenvalue weighted by molar-refractivity contribution is -0.167. The normalized spacial score (nSPS) is 13.1. The van der Waals surface area contributed by atoms with Gasteiger partial charge in [0.25, 0.3) is 0 Å². The third kappa shape index (κ3) is 54.4. The van der Waals surface area contributed by atoms with E-state index in [9.17, 15) is 14.4 Å². The van der Waals surface area contributed by atoms with Crippen molar-refractivity contribution < 1.29 is 28.6 Å². The third-order valence-corrected chi connectivity index (χ3v) is 11.4. The van der Waals surface area contributed by atoms with Crippen LogP contribution in [0.3, 0.4) is 0 Å². The average molecular weight is 953 g/mol. The second kappa shape index (κ2) is 56.1. The van der Waals surface area contributed by atoms with Crippen LogP contribution in [-0.2, 0) is 28.6 Å². The standard InChI is InChI=1S/C63H100O6/c1-4-7-10-13-16-19-22-25-28-30-32-35-38-41-44-47-50-53-56-62(65)68-59-60(58-67-61(64)55-52-49-46-43-40-37-34-27-24-21-18-15-12-9-6-3)69-63(66)57-54-51-48-45-42-39-36-33-31-29-26-23-20-17-14-11-8-5-2/h9,12,15-26,28-33,35-36,60H,4-8,10-11,13-14,27,34,37-59H2,1-3H3/b12-9-,18-15-,19-16-,20-17-,24-21-,25-22-,26-23-,30-28-,31-29-,35-32-,36-33-. The molecule has 0 spiro atoms. The van der Waals surface area contributed by atoms with Crippen molar-refractivity contribution in [2.75, 3.05) is 13.2 Å². The fourth-order valence-electron chi connectivity index (χ4n) is 7.17. The van der Waals surface area contributed by atoms with Gasteiger partial charge < -0.3 is 14.2 Å². The summed E-state index contributed by atoms with van der Waals surface area (Å²) in [4.78, 5) is 38.1. The van der Waals surface area contributed by atoms with Gasteiger partial charge in [0.15, 0.2) is 6.10 Å². The number of unbranched alkanes of at least 4 members (excludes halogenated alkanes) is 23. The van der Waals surface area contributed by atoms with E-state index >= 15 is 0 Å². The Bertz CT molecular complexity index is 1510. The lowest BCUT2D eigenvalue weighted by Gasteiger charge is -2.18. The van der Waals surface area contributed by atoms with Crippen LogP contribution in [0.15, 0.2) is 134 Å². The summed E-state index contributed by atoms with van der Waals surface area (Å²) >= 11 is 0. The average Bonchev–Trinajstić information content (AvgIpc) is 3.35. The molecule has 0 aliphatic rings. The quantitative estimate of drug-likeness (QED) is 0.0262. The molecule has 69 heavy (non-hydrogen) atoms. The van der Waals surface area contributed by atoms with E-state index in [4.69, 9.17) is 14.2 Å². The van der Waals surface area contributed by atoms with E-state index in [0.29, 0.717) is 12.8 Å². The number of carbonyl (C=O) groups excluding carboxylic acids is 3. The van der Waals surface area contributed by atoms with E-state index in [-0.39, 0.29) is 37.5 Å². The van der Waals surface area contributed by atoms with Gasteiger partial charge in [-0.2, -0.15) is 0 Å². The zero-order valence-electron chi connectivity index (χ0n) is 44.3. The molecule has 0 saturated carbocycles. The maximum atomic E-state index is 12.8. The summed E-state index contributed by atoms with van der Waals surface area (Å²) in [7, 11) is 0. The minimum absolute atomic E-state index is 0.107. The number of hydrogen-bond acceptors (Lipinski definition) is 6. The molecule has 0 aliphatic carbocycles. The number of allylic oxidation sites excluding steroid dienone is 22. The highest BCUT2D eigenvalue weighted by Crippen LogP contribution is 2.14. The molecule has 0 aromatic rings. The van der Waals surface area contributed by atoms with Crippen molar-refractivity contribution in [2.24, 2.45) is 0 Å². The summed E-state index contributed by atoms with van der Waals surface area (Å²) in [5, 5.41) is 0. The van der Waals surface area contributed by atoms with E-state index < -0.39 is 6.10 Å². The number of ether oxygens (including phenoxy) is 3. The van der Waals surface area contributed by atoms with Crippen LogP contribution < -0.4 is 0 Å². The van der Waals surface area contributed by atoms with Crippen LogP contribution in [0, 0.1) is 0 Å². The molecule has 0 heterocycles. The molecule has 0 N–H and O–H groups in total. The highest BCUT2D eigenvalue weighted by atomic mass is 16.6. The Labute approximate surface area is 424 Å². The first-order chi connectivity index (χ1) is 34.0. The predicted octanol–water partition coefficient (Wildman–Crippen LogP) is 18.6. The monoisotopic (exact) mass is 953 g/mol. The first-order valence-electron chi connectivity index (χ1n) is 27.8. The minimum Gasteiger partial charge on any atom is -0.462 e. The van der Waals surface area contributed by atoms with Gasteiger partial charge in [0.1, 0.15) is 13.2 Å². The molecule has 6 nitrogen and oxygen atoms in total. The van der Waals surface area contributed by atoms with Crippen molar-refractivity contribution in [3.63, 3.8) is 0 Å². The second-order valence-electron chi connectivity index (χ2n) is 18.0. The number of esters is 3. The number of hydrogen-bond donors (Lipinski definition) is 0. The molecule has 0 rings (SSSR count). The minimum atomic E-state index is -0.811. The van der Waals surface area contributed by atoms with Crippen LogP contribution in [0.25, 0.3) is 0 Å². The molecule has 0 bridgehead atoms. The van der Waals surface area contributed by atoms with Gasteiger partial charge in [0.05, 0.1) is 0 Å². The van der Waals surface area contributed by atoms with Gasteiger partial charge in [-0.15, -0.1) is 0 Å². The van der Waals surface area contributed by atoms with Crippen LogP contribution in [0.1, 0.15) is 226 Å². The Kier molecular flexibility index (Phi) is 52.5. The van der Waals surface area contributed by atoms with Crippen LogP contribution in [0.4, 0.5) is 0 Å². The van der Waals surface area contributed by atoms with Crippen LogP contribution in [0.2, 0.25) is 0 Å². The molecule has 1 atom stereocenters. The van der Waals surface area contributed by atoms with E-state index in [0.717, 1.165) is 122 Å². The molecule has 0 aromatic carbocycles. The molecule has 0 amide bonds. The van der Waals surface area contributed by atoms with Gasteiger partial charge >= 0.3 is 17.9 Å². The summed E-state index contributed by atoms with van der Waals surface area (Å²) in [6.07, 6.45) is 78.5. The van der Waals surface area contributed by atoms with Crippen molar-refractivity contribution >= 4 is 17.9 Å². The lowest BCUT2D eigenvalue weighted by Crippen LogP contribution is -2.30. The molecule has 0 saturated heterocycles. The number of rotatable bonds is 48. The van der Waals surface area contributed by atoms with Gasteiger partial charge in [-0.25, -0.2) is 0 Å². The van der Waals surface area contributed by atoms with Gasteiger partial charge in [-0.1, -0.05) is 251 Å². The molecular weight excluding hydrogens is 853 g/mol. The summed E-state index contributed by atoms with van der Waals surface area (Å²) in [5.74, 6) is -0.970. The molecular formula is C63H100O6. The Hall–Kier alpha value is -4.45. The van der Waals surface area contributed by atoms with Crippen LogP contribution in [-0.4, -0.2) is 37.2 Å². The molecule has 388 valence electrons. The fraction of sp³-hybridized carbons (Fsp3) is 0.603. The lowest BCUT2D eigenvalue weighted by atomic mass is 10.1. The Balaban J connectivity index is 4.54. The Morgan fingerprint density at radius 3 is 0.884 bits per heavy atom. The maximum Gasteiger partial charge on any atom is 0.306 e. The zero-order chi connectivity index (χ0) is 50.0. The van der Waals surface area contributed by atoms with E-state index in [1.165, 1.54) is 64.2 Å². The molecule has 0 aliphatic heterocycles. The number of carbonyl (C=O) groups is 3. The molecule has 6 heteroatoms. The Morgan fingerprint density at radius 2 is 0.565 bits per heavy atom. The highest BCUT2D eigenvalue weighted by molar-refractivity contribution is 5.71. The zero-order valence-corrected chi connectivity index (χ0v) is 44.3. The molecule has 0 fully saturated rings. The van der Waals surface area contributed by atoms with Crippen LogP contribution >= 0.6 is 0 Å². The van der Waals surface area contributed by atoms with Gasteiger partial charge in [-0.3, -0.25) is 14.4 Å². The maximum absolute atomic E-state index is 12.8. The molecule has 1 unspecified atom stereocenters. The predicted molar refractivity (Wildman–Crippen MR) is 297 cm³/mol. The highest BCUT2D eigenvalue weighted by Gasteiger charge is 2.19. The van der Waals surface area contributed by atoms with E-state index in [2.05, 4.69) is 154 Å². The smallest absolute Gasteiger partial charge is 0.306 e. The Morgan fingerprint density at radius 1 is 0.304 bits per heavy atom. The summed E-state index contributed by atoms with van der Waals surface area (Å²) in [5.41, 5.74) is 0. The van der Waals surface area contributed by atoms with Gasteiger partial charge in [0, 0.05) is 19.3 Å². The molecule has 0 aromatic heterocycles. The van der Waals surface area contributed by atoms with E-state index in [1.807, 2.05) is 0 Å². The van der Waals surface area contributed by atoms with Crippen molar-refractivity contribution in [2.45, 2.75) is 232 Å². The first-order valence-corrected chi connectivity index (χ1v) is 27.8. The van der Waals surface area contributed by atoms with Crippen molar-refractivity contribution in [3.05, 3.63) is 134 Å². The largest absolute Gasteiger partial charge is 0.462 e. The van der Waals surface area contributed by atoms with Crippen molar-refractivity contribution in [1.29, 1.82) is 0 Å². The summed E-state index contributed by atoms with van der Waals surface area (Å²) < 4.78 is 16.8. The van der Waals surface area contributed by atoms with Crippen molar-refractivity contribution in [3.8, 4) is 0 Å². The van der Waals surface area contributed by atoms with Gasteiger partial charge in [0.2, 0.25) is 0 Å². The third-order valence-electron chi connectivity index (χ3n) is 11.4. The fourth-order valence-corrected chi connectivity index (χ4v) is 7.17. The molecule has 0 radical (unpaired) electrons. The van der Waals surface area contributed by atoms with E-state index in [1.54, 1.807) is 0 Å². The topological polar surface area (TPSA) is 78.9 Å². The second-order valence-corrected chi connectivity index (χ2v) is 18.0. The summed E-state index contributed by atoms with van der Waals surface area (Å²) in [6.45, 7) is 6.37. The summed E-state index contributed by atoms with van der Waals surface area (Å²) in [6, 6.07) is 0. The van der Waals surface area contributed by atoms with Gasteiger partial charge in [-0.05, 0) is 89.9 Å². The van der Waals surface area contributed by atoms with Crippen molar-refractivity contribution in [1.82, 2.24) is 0 Å². The first kappa shape index (κ1) is 64.5.